The number of rotatable bonds is 5. The van der Waals surface area contributed by atoms with Crippen molar-refractivity contribution in [3.05, 3.63) is 35.2 Å². The van der Waals surface area contributed by atoms with Gasteiger partial charge in [-0.3, -0.25) is 4.98 Å². The van der Waals surface area contributed by atoms with Crippen molar-refractivity contribution in [2.24, 2.45) is 5.92 Å². The predicted octanol–water partition coefficient (Wildman–Crippen LogP) is 5.07. The first kappa shape index (κ1) is 14.3. The third-order valence-corrected chi connectivity index (χ3v) is 4.24. The normalized spacial score (nSPS) is 11.8. The van der Waals surface area contributed by atoms with Gasteiger partial charge in [-0.25, -0.2) is 0 Å². The lowest BCUT2D eigenvalue weighted by Gasteiger charge is -2.08. The highest BCUT2D eigenvalue weighted by Gasteiger charge is 2.09. The van der Waals surface area contributed by atoms with Crippen LogP contribution in [0.5, 0.6) is 0 Å². The zero-order valence-corrected chi connectivity index (χ0v) is 13.4. The van der Waals surface area contributed by atoms with E-state index in [0.29, 0.717) is 0 Å². The highest BCUT2D eigenvalue weighted by Crippen LogP contribution is 2.24. The maximum absolute atomic E-state index is 5.50. The lowest BCUT2D eigenvalue weighted by Crippen LogP contribution is -1.99. The second kappa shape index (κ2) is 5.98. The van der Waals surface area contributed by atoms with Gasteiger partial charge in [-0.05, 0) is 30.6 Å². The molecule has 4 heteroatoms. The minimum atomic E-state index is 0.769. The Kier molecular flexibility index (Phi) is 4.06. The summed E-state index contributed by atoms with van der Waals surface area (Å²) in [5.41, 5.74) is 3.24. The summed E-state index contributed by atoms with van der Waals surface area (Å²) in [6.45, 7) is 5.52. The fourth-order valence-electron chi connectivity index (χ4n) is 2.83. The molecule has 3 rings (SSSR count). The number of nitrogens with zero attached hydrogens (tertiary/aromatic N) is 2. The quantitative estimate of drug-likeness (QED) is 0.527. The van der Waals surface area contributed by atoms with Crippen LogP contribution in [0.15, 0.2) is 30.5 Å². The summed E-state index contributed by atoms with van der Waals surface area (Å²) in [7, 11) is 0. The SMILES string of the molecule is CC(C)CCCCn1c(=S)[nH]c2cnc3ccccc3c21. The fraction of sp³-hybridized carbons (Fsp3) is 0.412. The van der Waals surface area contributed by atoms with Crippen LogP contribution in [0, 0.1) is 10.7 Å². The summed E-state index contributed by atoms with van der Waals surface area (Å²) in [6, 6.07) is 8.25. The molecule has 0 aliphatic rings. The Labute approximate surface area is 130 Å². The van der Waals surface area contributed by atoms with Crippen molar-refractivity contribution in [2.75, 3.05) is 0 Å². The minimum Gasteiger partial charge on any atom is -0.329 e. The van der Waals surface area contributed by atoms with E-state index in [9.17, 15) is 0 Å². The molecule has 3 nitrogen and oxygen atoms in total. The number of aryl methyl sites for hydroxylation is 1. The van der Waals surface area contributed by atoms with Gasteiger partial charge in [-0.1, -0.05) is 44.9 Å². The highest BCUT2D eigenvalue weighted by atomic mass is 32.1. The van der Waals surface area contributed by atoms with E-state index in [0.717, 1.165) is 34.7 Å². The van der Waals surface area contributed by atoms with Gasteiger partial charge in [0.05, 0.1) is 22.7 Å². The number of fused-ring (bicyclic) bond motifs is 3. The summed E-state index contributed by atoms with van der Waals surface area (Å²) in [5, 5.41) is 1.17. The average Bonchev–Trinajstić information content (AvgIpc) is 2.79. The molecule has 21 heavy (non-hydrogen) atoms. The summed E-state index contributed by atoms with van der Waals surface area (Å²) >= 11 is 5.50. The molecule has 0 bridgehead atoms. The molecule has 0 saturated carbocycles. The van der Waals surface area contributed by atoms with Gasteiger partial charge in [0, 0.05) is 11.9 Å². The number of aromatic amines is 1. The Bertz CT molecular complexity index is 814. The van der Waals surface area contributed by atoms with Crippen molar-refractivity contribution in [1.29, 1.82) is 0 Å². The highest BCUT2D eigenvalue weighted by molar-refractivity contribution is 7.71. The Balaban J connectivity index is 1.99. The topological polar surface area (TPSA) is 33.6 Å². The number of unbranched alkanes of at least 4 members (excludes halogenated alkanes) is 1. The second-order valence-electron chi connectivity index (χ2n) is 6.01. The number of benzene rings is 1. The fourth-order valence-corrected chi connectivity index (χ4v) is 3.12. The van der Waals surface area contributed by atoms with Crippen molar-refractivity contribution in [3.8, 4) is 0 Å². The number of pyridine rings is 1. The lowest BCUT2D eigenvalue weighted by molar-refractivity contribution is 0.511. The Morgan fingerprint density at radius 2 is 2.05 bits per heavy atom. The summed E-state index contributed by atoms with van der Waals surface area (Å²) in [4.78, 5) is 7.78. The Hall–Kier alpha value is -1.68. The molecule has 0 unspecified atom stereocenters. The first-order chi connectivity index (χ1) is 10.2. The van der Waals surface area contributed by atoms with Crippen LogP contribution in [0.25, 0.3) is 21.9 Å². The van der Waals surface area contributed by atoms with Crippen LogP contribution in [0.4, 0.5) is 0 Å². The van der Waals surface area contributed by atoms with Crippen molar-refractivity contribution in [3.63, 3.8) is 0 Å². The van der Waals surface area contributed by atoms with Gasteiger partial charge in [0.25, 0.3) is 0 Å². The van der Waals surface area contributed by atoms with E-state index in [1.165, 1.54) is 23.7 Å². The zero-order valence-electron chi connectivity index (χ0n) is 12.6. The number of aromatic nitrogens is 3. The smallest absolute Gasteiger partial charge is 0.178 e. The number of H-pyrrole nitrogens is 1. The molecule has 0 fully saturated rings. The number of para-hydroxylation sites is 1. The molecule has 0 saturated heterocycles. The maximum Gasteiger partial charge on any atom is 0.178 e. The van der Waals surface area contributed by atoms with Gasteiger partial charge < -0.3 is 9.55 Å². The molecule has 1 N–H and O–H groups in total. The number of hydrogen-bond donors (Lipinski definition) is 1. The van der Waals surface area contributed by atoms with Crippen LogP contribution in [-0.2, 0) is 6.54 Å². The second-order valence-corrected chi connectivity index (χ2v) is 6.40. The van der Waals surface area contributed by atoms with Crippen LogP contribution in [0.2, 0.25) is 0 Å². The third kappa shape index (κ3) is 2.86. The molecule has 0 spiro atoms. The van der Waals surface area contributed by atoms with Gasteiger partial charge in [0.15, 0.2) is 4.77 Å². The molecule has 0 atom stereocenters. The Morgan fingerprint density at radius 3 is 2.86 bits per heavy atom. The van der Waals surface area contributed by atoms with Crippen LogP contribution in [-0.4, -0.2) is 14.5 Å². The van der Waals surface area contributed by atoms with Crippen molar-refractivity contribution < 1.29 is 0 Å². The largest absolute Gasteiger partial charge is 0.329 e. The summed E-state index contributed by atoms with van der Waals surface area (Å²) < 4.78 is 3.03. The van der Waals surface area contributed by atoms with Gasteiger partial charge >= 0.3 is 0 Å². The van der Waals surface area contributed by atoms with Gasteiger partial charge in [-0.2, -0.15) is 0 Å². The summed E-state index contributed by atoms with van der Waals surface area (Å²) in [6.07, 6.45) is 5.57. The molecule has 0 aliphatic carbocycles. The minimum absolute atomic E-state index is 0.769. The van der Waals surface area contributed by atoms with Crippen LogP contribution in [0.1, 0.15) is 33.1 Å². The van der Waals surface area contributed by atoms with Gasteiger partial charge in [0.1, 0.15) is 0 Å². The standard InChI is InChI=1S/C17H21N3S/c1-12(2)7-5-6-10-20-16-13-8-3-4-9-14(13)18-11-15(16)19-17(20)21/h3-4,8-9,11-12H,5-7,10H2,1-2H3,(H,19,21). The van der Waals surface area contributed by atoms with Gasteiger partial charge in [-0.15, -0.1) is 0 Å². The summed E-state index contributed by atoms with van der Waals surface area (Å²) in [5.74, 6) is 0.769. The molecular formula is C17H21N3S. The maximum atomic E-state index is 5.50. The molecule has 1 aromatic carbocycles. The first-order valence-corrected chi connectivity index (χ1v) is 8.04. The van der Waals surface area contributed by atoms with E-state index in [1.807, 2.05) is 18.3 Å². The van der Waals surface area contributed by atoms with Crippen molar-refractivity contribution >= 4 is 34.2 Å². The third-order valence-electron chi connectivity index (χ3n) is 3.92. The molecule has 0 amide bonds. The van der Waals surface area contributed by atoms with E-state index >= 15 is 0 Å². The molecule has 2 heterocycles. The molecule has 2 aromatic heterocycles. The van der Waals surface area contributed by atoms with Gasteiger partial charge in [0.2, 0.25) is 0 Å². The van der Waals surface area contributed by atoms with E-state index < -0.39 is 0 Å². The lowest BCUT2D eigenvalue weighted by atomic mass is 10.1. The van der Waals surface area contributed by atoms with E-state index in [2.05, 4.69) is 40.5 Å². The van der Waals surface area contributed by atoms with Crippen molar-refractivity contribution in [2.45, 2.75) is 39.7 Å². The predicted molar refractivity (Wildman–Crippen MR) is 91.1 cm³/mol. The molecule has 0 radical (unpaired) electrons. The molecule has 3 aromatic rings. The average molecular weight is 299 g/mol. The van der Waals surface area contributed by atoms with E-state index in [4.69, 9.17) is 12.2 Å². The molecule has 110 valence electrons. The molecule has 0 aliphatic heterocycles. The molecular weight excluding hydrogens is 278 g/mol. The number of nitrogens with one attached hydrogen (secondary N) is 1. The first-order valence-electron chi connectivity index (χ1n) is 7.63. The van der Waals surface area contributed by atoms with Crippen LogP contribution < -0.4 is 0 Å². The van der Waals surface area contributed by atoms with Crippen molar-refractivity contribution in [1.82, 2.24) is 14.5 Å². The van der Waals surface area contributed by atoms with E-state index in [1.54, 1.807) is 0 Å². The van der Waals surface area contributed by atoms with Crippen LogP contribution >= 0.6 is 12.2 Å². The van der Waals surface area contributed by atoms with Crippen LogP contribution in [0.3, 0.4) is 0 Å². The number of imidazole rings is 1. The zero-order chi connectivity index (χ0) is 14.8. The van der Waals surface area contributed by atoms with E-state index in [-0.39, 0.29) is 0 Å². The monoisotopic (exact) mass is 299 g/mol. The Morgan fingerprint density at radius 1 is 1.24 bits per heavy atom. The number of hydrogen-bond acceptors (Lipinski definition) is 2.